The number of rotatable bonds is 3. The molecule has 5 nitrogen and oxygen atoms in total. The van der Waals surface area contributed by atoms with Gasteiger partial charge in [0, 0.05) is 6.07 Å². The van der Waals surface area contributed by atoms with Gasteiger partial charge in [-0.25, -0.2) is 0 Å². The molecule has 0 spiro atoms. The van der Waals surface area contributed by atoms with Crippen LogP contribution in [-0.2, 0) is 4.79 Å². The second kappa shape index (κ2) is 5.72. The molecular weight excluding hydrogens is 242 g/mol. The molecule has 1 rings (SSSR count). The molecule has 3 N–H and O–H groups in total. The Balaban J connectivity index is 2.95. The standard InChI is InChI=1S/C14H19N3O2/c1-14(2,3)12(16)13(18)17-10-6-5-9(8-15)7-11(10)19-4/h5-7,12H,16H2,1-4H3,(H,17,18)/t12-/m0/s1. The van der Waals surface area contributed by atoms with Gasteiger partial charge in [0.1, 0.15) is 5.75 Å². The van der Waals surface area contributed by atoms with Crippen LogP contribution >= 0.6 is 0 Å². The predicted molar refractivity (Wildman–Crippen MR) is 73.8 cm³/mol. The maximum absolute atomic E-state index is 12.0. The lowest BCUT2D eigenvalue weighted by molar-refractivity contribution is -0.119. The minimum Gasteiger partial charge on any atom is -0.495 e. The summed E-state index contributed by atoms with van der Waals surface area (Å²) < 4.78 is 5.15. The van der Waals surface area contributed by atoms with Gasteiger partial charge in [0.2, 0.25) is 5.91 Å². The second-order valence-electron chi connectivity index (χ2n) is 5.36. The van der Waals surface area contributed by atoms with Gasteiger partial charge in [-0.1, -0.05) is 20.8 Å². The first kappa shape index (κ1) is 15.0. The highest BCUT2D eigenvalue weighted by Crippen LogP contribution is 2.26. The van der Waals surface area contributed by atoms with E-state index in [9.17, 15) is 4.79 Å². The van der Waals surface area contributed by atoms with Crippen molar-refractivity contribution < 1.29 is 9.53 Å². The monoisotopic (exact) mass is 261 g/mol. The molecule has 0 saturated heterocycles. The Bertz CT molecular complexity index is 512. The SMILES string of the molecule is COc1cc(C#N)ccc1NC(=O)[C@H](N)C(C)(C)C. The quantitative estimate of drug-likeness (QED) is 0.869. The molecule has 0 heterocycles. The average molecular weight is 261 g/mol. The molecule has 0 radical (unpaired) electrons. The third-order valence-electron chi connectivity index (χ3n) is 2.80. The lowest BCUT2D eigenvalue weighted by atomic mass is 9.87. The van der Waals surface area contributed by atoms with E-state index in [1.807, 2.05) is 26.8 Å². The van der Waals surface area contributed by atoms with Gasteiger partial charge in [-0.2, -0.15) is 5.26 Å². The number of hydrogen-bond acceptors (Lipinski definition) is 4. The Labute approximate surface area is 113 Å². The molecular formula is C14H19N3O2. The van der Waals surface area contributed by atoms with Crippen LogP contribution in [0.4, 0.5) is 5.69 Å². The summed E-state index contributed by atoms with van der Waals surface area (Å²) in [6.07, 6.45) is 0. The van der Waals surface area contributed by atoms with E-state index < -0.39 is 6.04 Å². The summed E-state index contributed by atoms with van der Waals surface area (Å²) in [6.45, 7) is 5.69. The van der Waals surface area contributed by atoms with Crippen molar-refractivity contribution in [3.05, 3.63) is 23.8 Å². The summed E-state index contributed by atoms with van der Waals surface area (Å²) in [6, 6.07) is 6.19. The van der Waals surface area contributed by atoms with E-state index in [-0.39, 0.29) is 11.3 Å². The summed E-state index contributed by atoms with van der Waals surface area (Å²) in [5.74, 6) is 0.156. The van der Waals surface area contributed by atoms with Crippen LogP contribution in [0.15, 0.2) is 18.2 Å². The minimum absolute atomic E-state index is 0.282. The first-order valence-corrected chi connectivity index (χ1v) is 5.94. The lowest BCUT2D eigenvalue weighted by Gasteiger charge is -2.26. The Morgan fingerprint density at radius 3 is 2.58 bits per heavy atom. The number of nitrogens with one attached hydrogen (secondary N) is 1. The molecule has 1 atom stereocenters. The number of nitrogens with two attached hydrogens (primary N) is 1. The first-order chi connectivity index (χ1) is 8.79. The number of carbonyl (C=O) groups excluding carboxylic acids is 1. The van der Waals surface area contributed by atoms with Crippen LogP contribution in [0.25, 0.3) is 0 Å². The number of methoxy groups -OCH3 is 1. The number of hydrogen-bond donors (Lipinski definition) is 2. The highest BCUT2D eigenvalue weighted by molar-refractivity contribution is 5.96. The highest BCUT2D eigenvalue weighted by Gasteiger charge is 2.27. The normalized spacial score (nSPS) is 12.4. The zero-order valence-electron chi connectivity index (χ0n) is 11.7. The zero-order chi connectivity index (χ0) is 14.6. The van der Waals surface area contributed by atoms with E-state index in [0.717, 1.165) is 0 Å². The van der Waals surface area contributed by atoms with Crippen molar-refractivity contribution in [3.63, 3.8) is 0 Å². The number of nitriles is 1. The van der Waals surface area contributed by atoms with Crippen molar-refractivity contribution in [2.45, 2.75) is 26.8 Å². The van der Waals surface area contributed by atoms with Gasteiger partial charge >= 0.3 is 0 Å². The maximum Gasteiger partial charge on any atom is 0.241 e. The average Bonchev–Trinajstić information content (AvgIpc) is 2.37. The molecule has 0 bridgehead atoms. The smallest absolute Gasteiger partial charge is 0.241 e. The number of carbonyl (C=O) groups is 1. The summed E-state index contributed by atoms with van der Waals surface area (Å²) >= 11 is 0. The Hall–Kier alpha value is -2.06. The molecule has 5 heteroatoms. The van der Waals surface area contributed by atoms with Crippen molar-refractivity contribution in [1.82, 2.24) is 0 Å². The van der Waals surface area contributed by atoms with Crippen LogP contribution in [0.5, 0.6) is 5.75 Å². The van der Waals surface area contributed by atoms with Gasteiger partial charge in [-0.15, -0.1) is 0 Å². The Kier molecular flexibility index (Phi) is 4.52. The molecule has 0 aliphatic heterocycles. The van der Waals surface area contributed by atoms with Gasteiger partial charge in [0.15, 0.2) is 0 Å². The fourth-order valence-electron chi connectivity index (χ4n) is 1.47. The fourth-order valence-corrected chi connectivity index (χ4v) is 1.47. The number of anilines is 1. The van der Waals surface area contributed by atoms with Gasteiger partial charge in [-0.3, -0.25) is 4.79 Å². The second-order valence-corrected chi connectivity index (χ2v) is 5.36. The number of amides is 1. The number of nitrogens with zero attached hydrogens (tertiary/aromatic N) is 1. The van der Waals surface area contributed by atoms with Crippen molar-refractivity contribution in [3.8, 4) is 11.8 Å². The molecule has 1 aromatic carbocycles. The molecule has 19 heavy (non-hydrogen) atoms. The van der Waals surface area contributed by atoms with Crippen LogP contribution in [0.1, 0.15) is 26.3 Å². The topological polar surface area (TPSA) is 88.1 Å². The van der Waals surface area contributed by atoms with E-state index in [1.165, 1.54) is 7.11 Å². The Morgan fingerprint density at radius 1 is 1.47 bits per heavy atom. The molecule has 0 aliphatic carbocycles. The molecule has 102 valence electrons. The van der Waals surface area contributed by atoms with Gasteiger partial charge in [0.05, 0.1) is 30.5 Å². The van der Waals surface area contributed by atoms with Crippen LogP contribution in [0.2, 0.25) is 0 Å². The minimum atomic E-state index is -0.632. The molecule has 0 fully saturated rings. The van der Waals surface area contributed by atoms with Crippen LogP contribution in [0, 0.1) is 16.7 Å². The summed E-state index contributed by atoms with van der Waals surface area (Å²) in [5.41, 5.74) is 6.53. The van der Waals surface area contributed by atoms with E-state index in [4.69, 9.17) is 15.7 Å². The lowest BCUT2D eigenvalue weighted by Crippen LogP contribution is -2.45. The third-order valence-corrected chi connectivity index (χ3v) is 2.80. The van der Waals surface area contributed by atoms with Gasteiger partial charge < -0.3 is 15.8 Å². The van der Waals surface area contributed by atoms with E-state index in [1.54, 1.807) is 18.2 Å². The van der Waals surface area contributed by atoms with E-state index >= 15 is 0 Å². The maximum atomic E-state index is 12.0. The van der Waals surface area contributed by atoms with Gasteiger partial charge in [-0.05, 0) is 17.5 Å². The first-order valence-electron chi connectivity index (χ1n) is 5.94. The van der Waals surface area contributed by atoms with Crippen molar-refractivity contribution in [1.29, 1.82) is 5.26 Å². The molecule has 0 aromatic heterocycles. The van der Waals surface area contributed by atoms with Crippen molar-refractivity contribution in [2.24, 2.45) is 11.1 Å². The van der Waals surface area contributed by atoms with Gasteiger partial charge in [0.25, 0.3) is 0 Å². The summed E-state index contributed by atoms with van der Waals surface area (Å²) in [4.78, 5) is 12.0. The fraction of sp³-hybridized carbons (Fsp3) is 0.429. The molecule has 0 aliphatic rings. The van der Waals surface area contributed by atoms with Crippen LogP contribution in [0.3, 0.4) is 0 Å². The zero-order valence-corrected chi connectivity index (χ0v) is 11.7. The summed E-state index contributed by atoms with van der Waals surface area (Å²) in [7, 11) is 1.48. The summed E-state index contributed by atoms with van der Waals surface area (Å²) in [5, 5.41) is 11.5. The van der Waals surface area contributed by atoms with Crippen molar-refractivity contribution in [2.75, 3.05) is 12.4 Å². The highest BCUT2D eigenvalue weighted by atomic mass is 16.5. The van der Waals surface area contributed by atoms with Crippen LogP contribution in [-0.4, -0.2) is 19.1 Å². The molecule has 0 saturated carbocycles. The number of ether oxygens (including phenoxy) is 1. The Morgan fingerprint density at radius 2 is 2.11 bits per heavy atom. The molecule has 0 unspecified atom stereocenters. The van der Waals surface area contributed by atoms with E-state index in [0.29, 0.717) is 17.0 Å². The van der Waals surface area contributed by atoms with E-state index in [2.05, 4.69) is 5.32 Å². The third kappa shape index (κ3) is 3.70. The number of benzene rings is 1. The predicted octanol–water partition coefficient (Wildman–Crippen LogP) is 1.88. The largest absolute Gasteiger partial charge is 0.495 e. The molecule has 1 amide bonds. The van der Waals surface area contributed by atoms with Crippen LogP contribution < -0.4 is 15.8 Å². The van der Waals surface area contributed by atoms with Crippen molar-refractivity contribution >= 4 is 11.6 Å². The molecule has 1 aromatic rings.